The third-order valence-corrected chi connectivity index (χ3v) is 4.79. The number of hydrogen-bond donors (Lipinski definition) is 0. The number of thiazole rings is 1. The Hall–Kier alpha value is -2.03. The second-order valence-corrected chi connectivity index (χ2v) is 6.23. The summed E-state index contributed by atoms with van der Waals surface area (Å²) in [7, 11) is 1.46. The third kappa shape index (κ3) is 3.49. The summed E-state index contributed by atoms with van der Waals surface area (Å²) in [6.45, 7) is -1.74. The topological polar surface area (TPSA) is 60.2 Å². The van der Waals surface area contributed by atoms with Crippen molar-refractivity contribution in [1.82, 2.24) is 19.7 Å². The maximum atomic E-state index is 12.4. The zero-order valence-corrected chi connectivity index (χ0v) is 13.3. The molecule has 2 aromatic heterocycles. The van der Waals surface area contributed by atoms with Gasteiger partial charge in [0.2, 0.25) is 5.88 Å². The Balaban J connectivity index is 1.63. The van der Waals surface area contributed by atoms with Gasteiger partial charge in [-0.25, -0.2) is 9.67 Å². The zero-order valence-electron chi connectivity index (χ0n) is 12.5. The van der Waals surface area contributed by atoms with Crippen LogP contribution in [0.4, 0.5) is 8.78 Å². The smallest absolute Gasteiger partial charge is 0.388 e. The van der Waals surface area contributed by atoms with Gasteiger partial charge >= 0.3 is 6.61 Å². The van der Waals surface area contributed by atoms with Crippen molar-refractivity contribution in [1.29, 1.82) is 0 Å². The van der Waals surface area contributed by atoms with E-state index in [2.05, 4.69) is 14.8 Å². The second kappa shape index (κ2) is 6.61. The first-order valence-electron chi connectivity index (χ1n) is 7.22. The summed E-state index contributed by atoms with van der Waals surface area (Å²) in [5.41, 5.74) is 0.121. The normalized spacial score (nSPS) is 16.1. The van der Waals surface area contributed by atoms with Crippen LogP contribution in [0.1, 0.15) is 34.3 Å². The van der Waals surface area contributed by atoms with E-state index in [1.807, 2.05) is 5.38 Å². The van der Waals surface area contributed by atoms with Gasteiger partial charge < -0.3 is 9.64 Å². The van der Waals surface area contributed by atoms with Crippen molar-refractivity contribution in [3.8, 4) is 5.88 Å². The minimum absolute atomic E-state index is 0.121. The fourth-order valence-corrected chi connectivity index (χ4v) is 3.49. The van der Waals surface area contributed by atoms with Gasteiger partial charge in [-0.05, 0) is 12.8 Å². The van der Waals surface area contributed by atoms with Crippen molar-refractivity contribution in [2.75, 3.05) is 13.1 Å². The summed E-state index contributed by atoms with van der Waals surface area (Å²) >= 11 is 1.63. The first-order valence-corrected chi connectivity index (χ1v) is 8.10. The number of aryl methyl sites for hydroxylation is 1. The maximum absolute atomic E-state index is 12.4. The van der Waals surface area contributed by atoms with E-state index in [9.17, 15) is 13.6 Å². The molecule has 0 saturated carbocycles. The highest BCUT2D eigenvalue weighted by Crippen LogP contribution is 2.30. The van der Waals surface area contributed by atoms with Gasteiger partial charge in [-0.1, -0.05) is 0 Å². The predicted octanol–water partition coefficient (Wildman–Crippen LogP) is 2.50. The lowest BCUT2D eigenvalue weighted by Crippen LogP contribution is -2.38. The quantitative estimate of drug-likeness (QED) is 0.856. The van der Waals surface area contributed by atoms with Crippen LogP contribution in [0.25, 0.3) is 0 Å². The summed E-state index contributed by atoms with van der Waals surface area (Å²) < 4.78 is 30.0. The Labute approximate surface area is 135 Å². The number of nitrogens with zero attached hydrogens (tertiary/aromatic N) is 4. The predicted molar refractivity (Wildman–Crippen MR) is 79.8 cm³/mol. The Bertz CT molecular complexity index is 666. The maximum Gasteiger partial charge on any atom is 0.388 e. The Morgan fingerprint density at radius 2 is 2.17 bits per heavy atom. The molecule has 1 aliphatic rings. The molecule has 0 radical (unpaired) electrons. The van der Waals surface area contributed by atoms with Crippen LogP contribution >= 0.6 is 11.3 Å². The van der Waals surface area contributed by atoms with Crippen molar-refractivity contribution in [3.05, 3.63) is 28.3 Å². The van der Waals surface area contributed by atoms with E-state index in [1.165, 1.54) is 13.1 Å². The number of rotatable bonds is 4. The lowest BCUT2D eigenvalue weighted by atomic mass is 9.97. The van der Waals surface area contributed by atoms with Crippen LogP contribution < -0.4 is 4.74 Å². The monoisotopic (exact) mass is 342 g/mol. The van der Waals surface area contributed by atoms with Crippen molar-refractivity contribution in [2.24, 2.45) is 7.05 Å². The number of carbonyl (C=O) groups excluding carboxylic acids is 1. The van der Waals surface area contributed by atoms with Crippen LogP contribution in [-0.2, 0) is 7.05 Å². The largest absolute Gasteiger partial charge is 0.417 e. The number of likely N-dealkylation sites (tertiary alicyclic amines) is 1. The van der Waals surface area contributed by atoms with Crippen LogP contribution in [0.2, 0.25) is 0 Å². The highest BCUT2D eigenvalue weighted by molar-refractivity contribution is 7.09. The highest BCUT2D eigenvalue weighted by atomic mass is 32.1. The number of halogens is 2. The molecule has 23 heavy (non-hydrogen) atoms. The zero-order chi connectivity index (χ0) is 16.4. The first-order chi connectivity index (χ1) is 11.0. The molecule has 0 unspecified atom stereocenters. The van der Waals surface area contributed by atoms with Crippen molar-refractivity contribution >= 4 is 17.2 Å². The van der Waals surface area contributed by atoms with Gasteiger partial charge in [0, 0.05) is 43.7 Å². The molecule has 0 aromatic carbocycles. The number of aromatic nitrogens is 3. The first kappa shape index (κ1) is 15.9. The van der Waals surface area contributed by atoms with Crippen LogP contribution in [0.3, 0.4) is 0 Å². The van der Waals surface area contributed by atoms with Crippen LogP contribution in [0.15, 0.2) is 17.6 Å². The molecule has 3 heterocycles. The molecule has 0 N–H and O–H groups in total. The summed E-state index contributed by atoms with van der Waals surface area (Å²) in [6.07, 6.45) is 3.47. The van der Waals surface area contributed by atoms with Gasteiger partial charge in [0.15, 0.2) is 5.69 Å². The van der Waals surface area contributed by atoms with E-state index in [1.54, 1.807) is 22.4 Å². The molecule has 6 nitrogen and oxygen atoms in total. The van der Waals surface area contributed by atoms with Crippen LogP contribution in [0, 0.1) is 0 Å². The second-order valence-electron chi connectivity index (χ2n) is 5.31. The summed E-state index contributed by atoms with van der Waals surface area (Å²) in [5, 5.41) is 7.01. The fraction of sp³-hybridized carbons (Fsp3) is 0.500. The molecule has 1 amide bonds. The average molecular weight is 342 g/mol. The molecule has 1 aliphatic heterocycles. The summed E-state index contributed by atoms with van der Waals surface area (Å²) in [5.74, 6) is -0.0103. The Kier molecular flexibility index (Phi) is 4.56. The van der Waals surface area contributed by atoms with Gasteiger partial charge in [-0.2, -0.15) is 13.9 Å². The molecule has 0 atom stereocenters. The van der Waals surface area contributed by atoms with Gasteiger partial charge in [0.05, 0.1) is 5.01 Å². The molecular weight excluding hydrogens is 326 g/mol. The number of hydrogen-bond acceptors (Lipinski definition) is 5. The molecule has 1 fully saturated rings. The minimum Gasteiger partial charge on any atom is -0.417 e. The van der Waals surface area contributed by atoms with E-state index < -0.39 is 6.61 Å². The molecule has 0 bridgehead atoms. The van der Waals surface area contributed by atoms with E-state index >= 15 is 0 Å². The van der Waals surface area contributed by atoms with Crippen LogP contribution in [0.5, 0.6) is 5.88 Å². The molecule has 1 saturated heterocycles. The van der Waals surface area contributed by atoms with E-state index in [0.717, 1.165) is 22.5 Å². The van der Waals surface area contributed by atoms with E-state index in [0.29, 0.717) is 19.0 Å². The van der Waals surface area contributed by atoms with E-state index in [4.69, 9.17) is 0 Å². The highest BCUT2D eigenvalue weighted by Gasteiger charge is 2.27. The van der Waals surface area contributed by atoms with Crippen molar-refractivity contribution < 1.29 is 18.3 Å². The number of amides is 1. The van der Waals surface area contributed by atoms with Gasteiger partial charge in [-0.3, -0.25) is 4.79 Å². The molecule has 0 aliphatic carbocycles. The van der Waals surface area contributed by atoms with Gasteiger partial charge in [-0.15, -0.1) is 11.3 Å². The number of carbonyl (C=O) groups is 1. The molecule has 9 heteroatoms. The standard InChI is InChI=1S/C14H16F2N4O2S/c1-19-11(22-14(15)16)8-10(18-19)13(21)20-5-2-9(3-6-20)12-17-4-7-23-12/h4,7-9,14H,2-3,5-6H2,1H3. The fourth-order valence-electron chi connectivity index (χ4n) is 2.68. The molecule has 0 spiro atoms. The SMILES string of the molecule is Cn1nc(C(=O)N2CCC(c3nccs3)CC2)cc1OC(F)F. The molecule has 2 aromatic rings. The van der Waals surface area contributed by atoms with Crippen molar-refractivity contribution in [3.63, 3.8) is 0 Å². The van der Waals surface area contributed by atoms with Gasteiger partial charge in [0.25, 0.3) is 5.91 Å². The Morgan fingerprint density at radius 3 is 2.78 bits per heavy atom. The van der Waals surface area contributed by atoms with Gasteiger partial charge in [0.1, 0.15) is 0 Å². The molecule has 3 rings (SSSR count). The Morgan fingerprint density at radius 1 is 1.43 bits per heavy atom. The summed E-state index contributed by atoms with van der Waals surface area (Å²) in [4.78, 5) is 18.5. The lowest BCUT2D eigenvalue weighted by Gasteiger charge is -2.30. The van der Waals surface area contributed by atoms with Crippen LogP contribution in [-0.4, -0.2) is 45.3 Å². The third-order valence-electron chi connectivity index (χ3n) is 3.85. The number of ether oxygens (including phenoxy) is 1. The molecular formula is C14H16F2N4O2S. The average Bonchev–Trinajstić information content (AvgIpc) is 3.17. The molecule has 124 valence electrons. The van der Waals surface area contributed by atoms with E-state index in [-0.39, 0.29) is 17.5 Å². The minimum atomic E-state index is -2.94. The van der Waals surface area contributed by atoms with Crippen molar-refractivity contribution in [2.45, 2.75) is 25.4 Å². The summed E-state index contributed by atoms with van der Waals surface area (Å²) in [6, 6.07) is 1.25. The number of piperidine rings is 1. The lowest BCUT2D eigenvalue weighted by molar-refractivity contribution is -0.0553. The number of alkyl halides is 2.